The van der Waals surface area contributed by atoms with Gasteiger partial charge in [0.25, 0.3) is 0 Å². The summed E-state index contributed by atoms with van der Waals surface area (Å²) in [6, 6.07) is 0. The summed E-state index contributed by atoms with van der Waals surface area (Å²) >= 11 is 0. The summed E-state index contributed by atoms with van der Waals surface area (Å²) in [5.41, 5.74) is 1.52. The molecule has 1 aliphatic carbocycles. The Bertz CT molecular complexity index is 497. The lowest BCUT2D eigenvalue weighted by Crippen LogP contribution is -2.13. The van der Waals surface area contributed by atoms with Crippen LogP contribution in [0.3, 0.4) is 0 Å². The maximum atomic E-state index is 11.2. The van der Waals surface area contributed by atoms with E-state index < -0.39 is 10.1 Å². The summed E-state index contributed by atoms with van der Waals surface area (Å²) in [6.45, 7) is 4.81. The number of ketones is 1. The molecular weight excluding hydrogens is 230 g/mol. The Hall–Kier alpha value is -1.43. The van der Waals surface area contributed by atoms with Crippen LogP contribution in [0.2, 0.25) is 0 Å². The molecule has 0 heterocycles. The lowest BCUT2D eigenvalue weighted by Gasteiger charge is -2.09. The van der Waals surface area contributed by atoms with Gasteiger partial charge in [-0.25, -0.2) is 0 Å². The molecule has 0 aliphatic heterocycles. The molecule has 6 heteroatoms. The van der Waals surface area contributed by atoms with Gasteiger partial charge in [0.1, 0.15) is 5.71 Å². The Morgan fingerprint density at radius 1 is 1.25 bits per heavy atom. The van der Waals surface area contributed by atoms with Gasteiger partial charge in [0.15, 0.2) is 5.78 Å². The van der Waals surface area contributed by atoms with Crippen LogP contribution in [0.4, 0.5) is 0 Å². The van der Waals surface area contributed by atoms with E-state index in [1.54, 1.807) is 13.8 Å². The van der Waals surface area contributed by atoms with Crippen LogP contribution in [0, 0.1) is 0 Å². The highest BCUT2D eigenvalue weighted by atomic mass is 32.2. The normalized spacial score (nSPS) is 19.4. The smallest absolute Gasteiger partial charge is 0.290 e. The van der Waals surface area contributed by atoms with Crippen molar-refractivity contribution in [3.63, 3.8) is 0 Å². The molecule has 0 aromatic rings. The molecule has 0 N–H and O–H groups in total. The Morgan fingerprint density at radius 2 is 1.88 bits per heavy atom. The molecule has 0 radical (unpaired) electrons. The van der Waals surface area contributed by atoms with Crippen molar-refractivity contribution in [3.8, 4) is 0 Å². The number of hydrogen-bond donors (Lipinski definition) is 0. The SMILES string of the molecule is CCS(=O)(=O)ON=C1C=CC(=O)C(C)=C1C. The van der Waals surface area contributed by atoms with Gasteiger partial charge in [0.2, 0.25) is 0 Å². The van der Waals surface area contributed by atoms with Gasteiger partial charge in [0.05, 0.1) is 5.75 Å². The third-order valence-electron chi connectivity index (χ3n) is 2.31. The zero-order chi connectivity index (χ0) is 12.3. The Morgan fingerprint density at radius 3 is 2.44 bits per heavy atom. The van der Waals surface area contributed by atoms with Crippen LogP contribution in [0.5, 0.6) is 0 Å². The highest BCUT2D eigenvalue weighted by Gasteiger charge is 2.15. The second-order valence-electron chi connectivity index (χ2n) is 3.34. The van der Waals surface area contributed by atoms with Crippen LogP contribution >= 0.6 is 0 Å². The second-order valence-corrected chi connectivity index (χ2v) is 5.19. The van der Waals surface area contributed by atoms with Gasteiger partial charge in [-0.05, 0) is 38.5 Å². The number of rotatable bonds is 3. The van der Waals surface area contributed by atoms with E-state index in [-0.39, 0.29) is 11.5 Å². The average Bonchev–Trinajstić information content (AvgIpc) is 2.25. The van der Waals surface area contributed by atoms with E-state index in [0.29, 0.717) is 16.9 Å². The third-order valence-corrected chi connectivity index (χ3v) is 3.32. The van der Waals surface area contributed by atoms with Crippen molar-refractivity contribution in [2.75, 3.05) is 5.75 Å². The lowest BCUT2D eigenvalue weighted by atomic mass is 9.97. The first-order valence-electron chi connectivity index (χ1n) is 4.77. The van der Waals surface area contributed by atoms with E-state index in [0.717, 1.165) is 0 Å². The monoisotopic (exact) mass is 243 g/mol. The fourth-order valence-corrected chi connectivity index (χ4v) is 1.33. The summed E-state index contributed by atoms with van der Waals surface area (Å²) < 4.78 is 26.6. The van der Waals surface area contributed by atoms with E-state index in [1.165, 1.54) is 19.1 Å². The topological polar surface area (TPSA) is 72.8 Å². The van der Waals surface area contributed by atoms with Gasteiger partial charge in [-0.2, -0.15) is 8.42 Å². The summed E-state index contributed by atoms with van der Waals surface area (Å²) in [6.07, 6.45) is 2.78. The van der Waals surface area contributed by atoms with Crippen molar-refractivity contribution in [2.45, 2.75) is 20.8 Å². The minimum Gasteiger partial charge on any atom is -0.290 e. The molecular formula is C10H13NO4S. The number of hydrogen-bond acceptors (Lipinski definition) is 5. The molecule has 0 saturated carbocycles. The quantitative estimate of drug-likeness (QED) is 0.551. The molecule has 0 spiro atoms. The largest absolute Gasteiger partial charge is 0.328 e. The number of carbonyl (C=O) groups is 1. The van der Waals surface area contributed by atoms with E-state index in [4.69, 9.17) is 0 Å². The van der Waals surface area contributed by atoms with Crippen molar-refractivity contribution in [2.24, 2.45) is 5.16 Å². The summed E-state index contributed by atoms with van der Waals surface area (Å²) in [5, 5.41) is 3.52. The minimum absolute atomic E-state index is 0.102. The number of carbonyl (C=O) groups excluding carboxylic acids is 1. The first-order valence-corrected chi connectivity index (χ1v) is 6.34. The Balaban J connectivity index is 2.96. The third kappa shape index (κ3) is 2.79. The molecule has 1 rings (SSSR count). The van der Waals surface area contributed by atoms with Crippen molar-refractivity contribution >= 4 is 21.6 Å². The average molecular weight is 243 g/mol. The molecule has 0 aromatic carbocycles. The van der Waals surface area contributed by atoms with Gasteiger partial charge >= 0.3 is 10.1 Å². The maximum absolute atomic E-state index is 11.2. The Labute approximate surface area is 94.6 Å². The van der Waals surface area contributed by atoms with E-state index in [9.17, 15) is 13.2 Å². The zero-order valence-corrected chi connectivity index (χ0v) is 10.2. The molecule has 16 heavy (non-hydrogen) atoms. The minimum atomic E-state index is -3.60. The molecule has 0 atom stereocenters. The highest BCUT2D eigenvalue weighted by Crippen LogP contribution is 2.14. The van der Waals surface area contributed by atoms with Crippen LogP contribution in [0.15, 0.2) is 28.5 Å². The fraction of sp³-hybridized carbons (Fsp3) is 0.400. The predicted octanol–water partition coefficient (Wildman–Crippen LogP) is 1.18. The highest BCUT2D eigenvalue weighted by molar-refractivity contribution is 7.86. The molecule has 88 valence electrons. The van der Waals surface area contributed by atoms with Gasteiger partial charge in [0, 0.05) is 5.57 Å². The first-order chi connectivity index (χ1) is 7.37. The molecule has 0 bridgehead atoms. The standard InChI is InChI=1S/C10H13NO4S/c1-4-16(13,14)15-11-9-5-6-10(12)8(3)7(9)2/h5-6H,4H2,1-3H3. The number of oxime groups is 1. The summed E-state index contributed by atoms with van der Waals surface area (Å²) in [7, 11) is -3.60. The molecule has 0 aromatic heterocycles. The number of nitrogens with zero attached hydrogens (tertiary/aromatic N) is 1. The van der Waals surface area contributed by atoms with Crippen LogP contribution in [0.1, 0.15) is 20.8 Å². The van der Waals surface area contributed by atoms with E-state index in [2.05, 4.69) is 9.44 Å². The van der Waals surface area contributed by atoms with Crippen molar-refractivity contribution in [1.29, 1.82) is 0 Å². The molecule has 0 unspecified atom stereocenters. The van der Waals surface area contributed by atoms with E-state index >= 15 is 0 Å². The van der Waals surface area contributed by atoms with Crippen LogP contribution < -0.4 is 0 Å². The van der Waals surface area contributed by atoms with Gasteiger partial charge in [-0.1, -0.05) is 5.16 Å². The molecule has 0 amide bonds. The van der Waals surface area contributed by atoms with Gasteiger partial charge < -0.3 is 0 Å². The fourth-order valence-electron chi connectivity index (χ4n) is 1.03. The van der Waals surface area contributed by atoms with Crippen molar-refractivity contribution in [3.05, 3.63) is 23.3 Å². The zero-order valence-electron chi connectivity index (χ0n) is 9.35. The molecule has 0 fully saturated rings. The van der Waals surface area contributed by atoms with Crippen molar-refractivity contribution in [1.82, 2.24) is 0 Å². The second kappa shape index (κ2) is 4.61. The molecule has 1 aliphatic rings. The lowest BCUT2D eigenvalue weighted by molar-refractivity contribution is -0.111. The van der Waals surface area contributed by atoms with Gasteiger partial charge in [-0.3, -0.25) is 9.08 Å². The van der Waals surface area contributed by atoms with Crippen LogP contribution in [-0.4, -0.2) is 25.7 Å². The van der Waals surface area contributed by atoms with Crippen molar-refractivity contribution < 1.29 is 17.5 Å². The molecule has 5 nitrogen and oxygen atoms in total. The Kier molecular flexibility index (Phi) is 3.64. The van der Waals surface area contributed by atoms with Crippen LogP contribution in [0.25, 0.3) is 0 Å². The van der Waals surface area contributed by atoms with Crippen LogP contribution in [-0.2, 0) is 19.2 Å². The summed E-state index contributed by atoms with van der Waals surface area (Å²) in [4.78, 5) is 11.2. The van der Waals surface area contributed by atoms with E-state index in [1.807, 2.05) is 0 Å². The van der Waals surface area contributed by atoms with Gasteiger partial charge in [-0.15, -0.1) is 0 Å². The summed E-state index contributed by atoms with van der Waals surface area (Å²) in [5.74, 6) is -0.247. The first kappa shape index (κ1) is 12.6. The molecule has 0 saturated heterocycles. The maximum Gasteiger partial charge on any atom is 0.328 e. The number of allylic oxidation sites excluding steroid dienone is 4. The predicted molar refractivity (Wildman–Crippen MR) is 60.5 cm³/mol.